The fraction of sp³-hybridized carbons (Fsp3) is 0.333. The van der Waals surface area contributed by atoms with Crippen LogP contribution in [0.3, 0.4) is 0 Å². The summed E-state index contributed by atoms with van der Waals surface area (Å²) >= 11 is 0. The number of hydrogen-bond donors (Lipinski definition) is 2. The van der Waals surface area contributed by atoms with E-state index in [2.05, 4.69) is 10.3 Å². The van der Waals surface area contributed by atoms with Crippen molar-refractivity contribution in [3.8, 4) is 0 Å². The average Bonchev–Trinajstić information content (AvgIpc) is 2.71. The van der Waals surface area contributed by atoms with E-state index in [0.29, 0.717) is 11.9 Å². The summed E-state index contributed by atoms with van der Waals surface area (Å²) in [4.78, 5) is 2.87. The van der Waals surface area contributed by atoms with Gasteiger partial charge in [0.05, 0.1) is 0 Å². The molecule has 16 heavy (non-hydrogen) atoms. The highest BCUT2D eigenvalue weighted by molar-refractivity contribution is 5.83. The monoisotopic (exact) mass is 224 g/mol. The van der Waals surface area contributed by atoms with E-state index in [-0.39, 0.29) is 12.0 Å². The number of alkyl halides is 2. The maximum atomic E-state index is 13.8. The lowest BCUT2D eigenvalue weighted by molar-refractivity contribution is -0.0108. The molecule has 0 fully saturated rings. The molecule has 0 bridgehead atoms. The van der Waals surface area contributed by atoms with Crippen LogP contribution in [0.5, 0.6) is 0 Å². The number of fused-ring (bicyclic) bond motifs is 1. The van der Waals surface area contributed by atoms with Crippen molar-refractivity contribution in [1.29, 1.82) is 0 Å². The lowest BCUT2D eigenvalue weighted by Crippen LogP contribution is -2.20. The number of rotatable bonds is 4. The minimum atomic E-state index is -2.79. The van der Waals surface area contributed by atoms with E-state index in [1.165, 1.54) is 6.20 Å². The topological polar surface area (TPSA) is 27.8 Å². The van der Waals surface area contributed by atoms with Crippen LogP contribution in [0.2, 0.25) is 0 Å². The van der Waals surface area contributed by atoms with Crippen LogP contribution in [-0.2, 0) is 5.92 Å². The molecule has 2 N–H and O–H groups in total. The summed E-state index contributed by atoms with van der Waals surface area (Å²) in [5, 5.41) is 3.34. The molecule has 0 unspecified atom stereocenters. The van der Waals surface area contributed by atoms with Crippen molar-refractivity contribution in [2.45, 2.75) is 12.3 Å². The molecule has 0 saturated carbocycles. The standard InChI is InChI=1S/C12H14F2N2/c1-15-7-6-12(13,14)10-8-16-11-5-3-2-4-9(10)11/h2-5,8,15-16H,6-7H2,1H3. The summed E-state index contributed by atoms with van der Waals surface area (Å²) in [6.07, 6.45) is 1.21. The second-order valence-electron chi connectivity index (χ2n) is 3.81. The first-order valence-corrected chi connectivity index (χ1v) is 5.24. The fourth-order valence-corrected chi connectivity index (χ4v) is 1.79. The Morgan fingerprint density at radius 1 is 1.31 bits per heavy atom. The number of H-pyrrole nitrogens is 1. The Bertz CT molecular complexity index is 477. The molecule has 1 aromatic carbocycles. The number of aromatic amines is 1. The molecule has 2 aromatic rings. The van der Waals surface area contributed by atoms with Crippen LogP contribution >= 0.6 is 0 Å². The Balaban J connectivity index is 2.38. The normalized spacial score (nSPS) is 12.2. The van der Waals surface area contributed by atoms with E-state index in [1.54, 1.807) is 25.2 Å². The molecule has 1 heterocycles. The summed E-state index contributed by atoms with van der Waals surface area (Å²) in [7, 11) is 1.67. The van der Waals surface area contributed by atoms with Gasteiger partial charge in [0.15, 0.2) is 0 Å². The van der Waals surface area contributed by atoms with Crippen molar-refractivity contribution in [3.63, 3.8) is 0 Å². The van der Waals surface area contributed by atoms with Gasteiger partial charge in [-0.25, -0.2) is 8.78 Å². The van der Waals surface area contributed by atoms with Crippen molar-refractivity contribution in [3.05, 3.63) is 36.0 Å². The fourth-order valence-electron chi connectivity index (χ4n) is 1.79. The van der Waals surface area contributed by atoms with Crippen LogP contribution in [0.25, 0.3) is 10.9 Å². The van der Waals surface area contributed by atoms with Gasteiger partial charge in [0.1, 0.15) is 0 Å². The molecule has 86 valence electrons. The number of aromatic nitrogens is 1. The summed E-state index contributed by atoms with van der Waals surface area (Å²) in [6, 6.07) is 7.11. The van der Waals surface area contributed by atoms with Gasteiger partial charge in [0.2, 0.25) is 0 Å². The van der Waals surface area contributed by atoms with Crippen LogP contribution in [-0.4, -0.2) is 18.6 Å². The van der Waals surface area contributed by atoms with Crippen molar-refractivity contribution in [2.24, 2.45) is 0 Å². The molecular weight excluding hydrogens is 210 g/mol. The van der Waals surface area contributed by atoms with Gasteiger partial charge >= 0.3 is 0 Å². The van der Waals surface area contributed by atoms with Gasteiger partial charge in [0, 0.05) is 35.6 Å². The van der Waals surface area contributed by atoms with Gasteiger partial charge in [-0.3, -0.25) is 0 Å². The van der Waals surface area contributed by atoms with E-state index in [1.807, 2.05) is 6.07 Å². The van der Waals surface area contributed by atoms with Gasteiger partial charge in [0.25, 0.3) is 5.92 Å². The van der Waals surface area contributed by atoms with Crippen LogP contribution in [0.15, 0.2) is 30.5 Å². The molecule has 0 saturated heterocycles. The molecule has 0 atom stereocenters. The number of nitrogens with one attached hydrogen (secondary N) is 2. The van der Waals surface area contributed by atoms with E-state index >= 15 is 0 Å². The third kappa shape index (κ3) is 1.93. The first-order valence-electron chi connectivity index (χ1n) is 5.24. The zero-order chi connectivity index (χ0) is 11.6. The molecule has 0 aliphatic carbocycles. The molecule has 1 aromatic heterocycles. The largest absolute Gasteiger partial charge is 0.361 e. The van der Waals surface area contributed by atoms with Crippen molar-refractivity contribution in [1.82, 2.24) is 10.3 Å². The van der Waals surface area contributed by atoms with Crippen molar-refractivity contribution >= 4 is 10.9 Å². The minimum absolute atomic E-state index is 0.0818. The third-order valence-corrected chi connectivity index (χ3v) is 2.67. The Hall–Kier alpha value is -1.42. The minimum Gasteiger partial charge on any atom is -0.361 e. The summed E-state index contributed by atoms with van der Waals surface area (Å²) < 4.78 is 27.7. The smallest absolute Gasteiger partial charge is 0.276 e. The highest BCUT2D eigenvalue weighted by Crippen LogP contribution is 2.35. The van der Waals surface area contributed by atoms with Gasteiger partial charge in [-0.2, -0.15) is 0 Å². The Morgan fingerprint density at radius 3 is 2.81 bits per heavy atom. The Labute approximate surface area is 92.7 Å². The summed E-state index contributed by atoms with van der Waals surface area (Å²) in [5.41, 5.74) is 0.833. The average molecular weight is 224 g/mol. The van der Waals surface area contributed by atoms with Crippen molar-refractivity contribution < 1.29 is 8.78 Å². The second kappa shape index (κ2) is 4.22. The molecule has 0 radical (unpaired) electrons. The maximum absolute atomic E-state index is 13.8. The van der Waals surface area contributed by atoms with Crippen LogP contribution in [0.1, 0.15) is 12.0 Å². The quantitative estimate of drug-likeness (QED) is 0.821. The first kappa shape index (κ1) is 11.1. The zero-order valence-corrected chi connectivity index (χ0v) is 9.06. The molecule has 0 spiro atoms. The van der Waals surface area contributed by atoms with Crippen molar-refractivity contribution in [2.75, 3.05) is 13.6 Å². The molecule has 0 aliphatic rings. The van der Waals surface area contributed by atoms with E-state index in [4.69, 9.17) is 0 Å². The predicted molar refractivity (Wildman–Crippen MR) is 60.7 cm³/mol. The molecular formula is C12H14F2N2. The number of para-hydroxylation sites is 1. The van der Waals surface area contributed by atoms with Gasteiger partial charge in [-0.1, -0.05) is 18.2 Å². The molecule has 0 amide bonds. The van der Waals surface area contributed by atoms with Crippen LogP contribution < -0.4 is 5.32 Å². The van der Waals surface area contributed by atoms with Gasteiger partial charge in [-0.05, 0) is 13.1 Å². The maximum Gasteiger partial charge on any atom is 0.276 e. The molecule has 0 aliphatic heterocycles. The highest BCUT2D eigenvalue weighted by atomic mass is 19.3. The lowest BCUT2D eigenvalue weighted by atomic mass is 10.0. The zero-order valence-electron chi connectivity index (χ0n) is 9.06. The molecule has 4 heteroatoms. The number of halogens is 2. The number of hydrogen-bond acceptors (Lipinski definition) is 1. The second-order valence-corrected chi connectivity index (χ2v) is 3.81. The van der Waals surface area contributed by atoms with E-state index in [9.17, 15) is 8.78 Å². The van der Waals surface area contributed by atoms with E-state index < -0.39 is 5.92 Å². The highest BCUT2D eigenvalue weighted by Gasteiger charge is 2.33. The van der Waals surface area contributed by atoms with Gasteiger partial charge < -0.3 is 10.3 Å². The third-order valence-electron chi connectivity index (χ3n) is 2.67. The van der Waals surface area contributed by atoms with Crippen LogP contribution in [0.4, 0.5) is 8.78 Å². The van der Waals surface area contributed by atoms with Crippen LogP contribution in [0, 0.1) is 0 Å². The number of benzene rings is 1. The Kier molecular flexibility index (Phi) is 2.92. The SMILES string of the molecule is CNCCC(F)(F)c1c[nH]c2ccccc12. The summed E-state index contributed by atoms with van der Waals surface area (Å²) in [5.74, 6) is -2.79. The lowest BCUT2D eigenvalue weighted by Gasteiger charge is -2.15. The molecule has 2 nitrogen and oxygen atoms in total. The predicted octanol–water partition coefficient (Wildman–Crippen LogP) is 2.87. The van der Waals surface area contributed by atoms with E-state index in [0.717, 1.165) is 5.52 Å². The molecule has 2 rings (SSSR count). The first-order chi connectivity index (χ1) is 7.65. The summed E-state index contributed by atoms with van der Waals surface area (Å²) in [6.45, 7) is 0.298. The Morgan fingerprint density at radius 2 is 2.06 bits per heavy atom. The van der Waals surface area contributed by atoms with Gasteiger partial charge in [-0.15, -0.1) is 0 Å².